The molecule has 0 bridgehead atoms. The van der Waals surface area contributed by atoms with Crippen LogP contribution in [0.25, 0.3) is 0 Å². The second kappa shape index (κ2) is 7.13. The highest BCUT2D eigenvalue weighted by Gasteiger charge is 2.18. The van der Waals surface area contributed by atoms with E-state index in [2.05, 4.69) is 26.1 Å². The van der Waals surface area contributed by atoms with Crippen molar-refractivity contribution in [3.05, 3.63) is 18.2 Å². The molecule has 0 aliphatic rings. The molecule has 0 aliphatic heterocycles. The smallest absolute Gasteiger partial charge is 0.242 e. The molecule has 1 aromatic carbocycles. The summed E-state index contributed by atoms with van der Waals surface area (Å²) < 4.78 is 25.3. The molecule has 6 heteroatoms. The van der Waals surface area contributed by atoms with Crippen LogP contribution >= 0.6 is 0 Å². The molecule has 0 amide bonds. The number of nitrogen functional groups attached to an aromatic ring is 1. The molecule has 0 saturated heterocycles. The molecule has 2 unspecified atom stereocenters. The van der Waals surface area contributed by atoms with Crippen LogP contribution in [0.1, 0.15) is 33.6 Å². The van der Waals surface area contributed by atoms with E-state index in [1.54, 1.807) is 12.1 Å². The number of hydrogen-bond acceptors (Lipinski definition) is 4. The summed E-state index contributed by atoms with van der Waals surface area (Å²) >= 11 is 0. The van der Waals surface area contributed by atoms with E-state index in [4.69, 9.17) is 5.73 Å². The minimum Gasteiger partial charge on any atom is -0.397 e. The van der Waals surface area contributed by atoms with Gasteiger partial charge in [-0.25, -0.2) is 12.7 Å². The first-order chi connectivity index (χ1) is 9.68. The predicted octanol–water partition coefficient (Wildman–Crippen LogP) is 2.76. The fraction of sp³-hybridized carbons (Fsp3) is 0.600. The maximum absolute atomic E-state index is 12.1. The molecule has 0 aliphatic carbocycles. The van der Waals surface area contributed by atoms with E-state index >= 15 is 0 Å². The lowest BCUT2D eigenvalue weighted by molar-refractivity contribution is 0.484. The van der Waals surface area contributed by atoms with E-state index in [9.17, 15) is 8.42 Å². The fourth-order valence-electron chi connectivity index (χ4n) is 2.14. The van der Waals surface area contributed by atoms with Crippen molar-refractivity contribution in [2.75, 3.05) is 25.1 Å². The summed E-state index contributed by atoms with van der Waals surface area (Å²) in [5.74, 6) is 0.641. The molecule has 120 valence electrons. The zero-order valence-corrected chi connectivity index (χ0v) is 14.4. The number of anilines is 2. The zero-order chi connectivity index (χ0) is 16.2. The molecule has 5 nitrogen and oxygen atoms in total. The summed E-state index contributed by atoms with van der Waals surface area (Å²) in [5.41, 5.74) is 7.22. The Morgan fingerprint density at radius 2 is 1.90 bits per heavy atom. The molecular formula is C15H27N3O2S. The van der Waals surface area contributed by atoms with Crippen LogP contribution in [0.15, 0.2) is 23.1 Å². The van der Waals surface area contributed by atoms with Crippen molar-refractivity contribution in [3.63, 3.8) is 0 Å². The minimum atomic E-state index is -3.44. The number of sulfonamides is 1. The Balaban J connectivity index is 2.89. The average molecular weight is 313 g/mol. The quantitative estimate of drug-likeness (QED) is 0.759. The van der Waals surface area contributed by atoms with E-state index in [0.29, 0.717) is 17.6 Å². The first-order valence-corrected chi connectivity index (χ1v) is 8.71. The summed E-state index contributed by atoms with van der Waals surface area (Å²) in [6, 6.07) is 5.12. The third-order valence-corrected chi connectivity index (χ3v) is 5.47. The molecule has 21 heavy (non-hydrogen) atoms. The molecular weight excluding hydrogens is 286 g/mol. The van der Waals surface area contributed by atoms with Gasteiger partial charge in [-0.3, -0.25) is 0 Å². The van der Waals surface area contributed by atoms with Crippen LogP contribution in [0.2, 0.25) is 0 Å². The fourth-order valence-corrected chi connectivity index (χ4v) is 3.08. The number of nitrogens with zero attached hydrogens (tertiary/aromatic N) is 1. The Bertz CT molecular complexity index is 570. The van der Waals surface area contributed by atoms with Gasteiger partial charge in [0, 0.05) is 20.1 Å². The Hall–Kier alpha value is -1.27. The summed E-state index contributed by atoms with van der Waals surface area (Å²) in [5, 5.41) is 3.35. The number of nitrogens with one attached hydrogen (secondary N) is 1. The van der Waals surface area contributed by atoms with Gasteiger partial charge in [0.15, 0.2) is 0 Å². The zero-order valence-electron chi connectivity index (χ0n) is 13.6. The topological polar surface area (TPSA) is 75.4 Å². The van der Waals surface area contributed by atoms with Crippen LogP contribution < -0.4 is 11.1 Å². The lowest BCUT2D eigenvalue weighted by atomic mass is 10.0. The highest BCUT2D eigenvalue weighted by Crippen LogP contribution is 2.25. The third kappa shape index (κ3) is 4.61. The summed E-state index contributed by atoms with van der Waals surface area (Å²) in [6.45, 7) is 6.50. The van der Waals surface area contributed by atoms with Crippen molar-refractivity contribution in [1.82, 2.24) is 4.31 Å². The van der Waals surface area contributed by atoms with E-state index in [0.717, 1.165) is 18.5 Å². The van der Waals surface area contributed by atoms with Gasteiger partial charge < -0.3 is 11.1 Å². The second-order valence-electron chi connectivity index (χ2n) is 5.83. The highest BCUT2D eigenvalue weighted by atomic mass is 32.2. The Morgan fingerprint density at radius 3 is 2.38 bits per heavy atom. The molecule has 1 rings (SSSR count). The third-order valence-electron chi connectivity index (χ3n) is 3.66. The van der Waals surface area contributed by atoms with Gasteiger partial charge in [0.25, 0.3) is 0 Å². The van der Waals surface area contributed by atoms with E-state index in [-0.39, 0.29) is 4.90 Å². The van der Waals surface area contributed by atoms with Crippen molar-refractivity contribution in [1.29, 1.82) is 0 Å². The SMILES string of the molecule is CCC(C)CC(C)Nc1ccc(S(=O)(=O)N(C)C)cc1N. The summed E-state index contributed by atoms with van der Waals surface area (Å²) in [6.07, 6.45) is 2.19. The van der Waals surface area contributed by atoms with Crippen LogP contribution in [0.4, 0.5) is 11.4 Å². The second-order valence-corrected chi connectivity index (χ2v) is 7.98. The number of hydrogen-bond donors (Lipinski definition) is 2. The number of benzene rings is 1. The molecule has 0 fully saturated rings. The normalized spacial score (nSPS) is 15.0. The molecule has 0 radical (unpaired) electrons. The van der Waals surface area contributed by atoms with Crippen LogP contribution in [0.3, 0.4) is 0 Å². The van der Waals surface area contributed by atoms with Gasteiger partial charge in [-0.05, 0) is 37.5 Å². The largest absolute Gasteiger partial charge is 0.397 e. The van der Waals surface area contributed by atoms with Gasteiger partial charge >= 0.3 is 0 Å². The lowest BCUT2D eigenvalue weighted by Crippen LogP contribution is -2.23. The van der Waals surface area contributed by atoms with Gasteiger partial charge in [0.2, 0.25) is 10.0 Å². The number of rotatable bonds is 7. The molecule has 0 spiro atoms. The lowest BCUT2D eigenvalue weighted by Gasteiger charge is -2.20. The van der Waals surface area contributed by atoms with Gasteiger partial charge in [-0.2, -0.15) is 0 Å². The molecule has 0 aromatic heterocycles. The Morgan fingerprint density at radius 1 is 1.29 bits per heavy atom. The van der Waals surface area contributed by atoms with E-state index < -0.39 is 10.0 Å². The number of nitrogens with two attached hydrogens (primary N) is 1. The van der Waals surface area contributed by atoms with E-state index in [1.807, 2.05) is 0 Å². The highest BCUT2D eigenvalue weighted by molar-refractivity contribution is 7.89. The van der Waals surface area contributed by atoms with Crippen LogP contribution in [-0.4, -0.2) is 32.9 Å². The van der Waals surface area contributed by atoms with Crippen molar-refractivity contribution < 1.29 is 8.42 Å². The van der Waals surface area contributed by atoms with Crippen LogP contribution in [0, 0.1) is 5.92 Å². The van der Waals surface area contributed by atoms with Gasteiger partial charge in [0.1, 0.15) is 0 Å². The Labute approximate surface area is 128 Å². The van der Waals surface area contributed by atoms with Crippen molar-refractivity contribution in [2.24, 2.45) is 5.92 Å². The van der Waals surface area contributed by atoms with Crippen molar-refractivity contribution >= 4 is 21.4 Å². The molecule has 0 saturated carbocycles. The molecule has 1 aromatic rings. The molecule has 3 N–H and O–H groups in total. The maximum atomic E-state index is 12.1. The summed E-state index contributed by atoms with van der Waals surface area (Å²) in [7, 11) is -0.430. The average Bonchev–Trinajstić information content (AvgIpc) is 2.40. The van der Waals surface area contributed by atoms with Gasteiger partial charge in [-0.15, -0.1) is 0 Å². The maximum Gasteiger partial charge on any atom is 0.242 e. The summed E-state index contributed by atoms with van der Waals surface area (Å²) in [4.78, 5) is 0.213. The van der Waals surface area contributed by atoms with Crippen LogP contribution in [-0.2, 0) is 10.0 Å². The molecule has 0 heterocycles. The standard InChI is InChI=1S/C15H27N3O2S/c1-6-11(2)9-12(3)17-15-8-7-13(10-14(15)16)21(19,20)18(4)5/h7-8,10-12,17H,6,9,16H2,1-5H3. The van der Waals surface area contributed by atoms with E-state index in [1.165, 1.54) is 24.5 Å². The van der Waals surface area contributed by atoms with Crippen molar-refractivity contribution in [2.45, 2.75) is 44.6 Å². The predicted molar refractivity (Wildman–Crippen MR) is 88.9 cm³/mol. The first-order valence-electron chi connectivity index (χ1n) is 7.27. The first kappa shape index (κ1) is 17.8. The molecule has 2 atom stereocenters. The van der Waals surface area contributed by atoms with Gasteiger partial charge in [0.05, 0.1) is 16.3 Å². The minimum absolute atomic E-state index is 0.213. The van der Waals surface area contributed by atoms with Crippen LogP contribution in [0.5, 0.6) is 0 Å². The Kier molecular flexibility index (Phi) is 6.04. The van der Waals surface area contributed by atoms with Crippen molar-refractivity contribution in [3.8, 4) is 0 Å². The monoisotopic (exact) mass is 313 g/mol. The van der Waals surface area contributed by atoms with Gasteiger partial charge in [-0.1, -0.05) is 20.3 Å².